The van der Waals surface area contributed by atoms with Gasteiger partial charge in [0.25, 0.3) is 0 Å². The number of hydrogen-bond acceptors (Lipinski definition) is 2. The third kappa shape index (κ3) is 5.05. The number of rotatable bonds is 7. The third-order valence-corrected chi connectivity index (χ3v) is 6.21. The zero-order chi connectivity index (χ0) is 20.1. The van der Waals surface area contributed by atoms with Gasteiger partial charge in [-0.2, -0.15) is 0 Å². The van der Waals surface area contributed by atoms with E-state index in [4.69, 9.17) is 4.98 Å². The van der Waals surface area contributed by atoms with Crippen molar-refractivity contribution in [3.63, 3.8) is 0 Å². The van der Waals surface area contributed by atoms with Crippen LogP contribution in [0.25, 0.3) is 11.3 Å². The molecule has 0 spiro atoms. The molecule has 1 saturated carbocycles. The van der Waals surface area contributed by atoms with E-state index >= 15 is 0 Å². The summed E-state index contributed by atoms with van der Waals surface area (Å²) in [4.78, 5) is 7.66. The molecule has 0 bridgehead atoms. The van der Waals surface area contributed by atoms with Gasteiger partial charge in [-0.3, -0.25) is 4.90 Å². The van der Waals surface area contributed by atoms with Crippen LogP contribution in [0.5, 0.6) is 0 Å². The van der Waals surface area contributed by atoms with Gasteiger partial charge >= 0.3 is 0 Å². The van der Waals surface area contributed by atoms with Gasteiger partial charge < -0.3 is 4.57 Å². The van der Waals surface area contributed by atoms with Crippen molar-refractivity contribution >= 4 is 0 Å². The maximum Gasteiger partial charge on any atom is 0.114 e. The van der Waals surface area contributed by atoms with E-state index < -0.39 is 0 Å². The van der Waals surface area contributed by atoms with Gasteiger partial charge in [-0.15, -0.1) is 0 Å². The number of nitrogens with zero attached hydrogens (tertiary/aromatic N) is 3. The average Bonchev–Trinajstić information content (AvgIpc) is 3.11. The van der Waals surface area contributed by atoms with Gasteiger partial charge in [0.05, 0.1) is 5.69 Å². The van der Waals surface area contributed by atoms with Crippen molar-refractivity contribution in [2.45, 2.75) is 85.2 Å². The molecule has 1 aromatic heterocycles. The minimum absolute atomic E-state index is 0.0563. The molecular weight excluding hydrogens is 342 g/mol. The molecule has 3 heteroatoms. The molecule has 0 saturated heterocycles. The van der Waals surface area contributed by atoms with Crippen LogP contribution in [0, 0.1) is 5.92 Å². The summed E-state index contributed by atoms with van der Waals surface area (Å²) in [5.41, 5.74) is 3.88. The second-order valence-electron chi connectivity index (χ2n) is 9.47. The summed E-state index contributed by atoms with van der Waals surface area (Å²) in [6.07, 6.45) is 9.27. The summed E-state index contributed by atoms with van der Waals surface area (Å²) in [6, 6.07) is 8.83. The summed E-state index contributed by atoms with van der Waals surface area (Å²) >= 11 is 0. The van der Waals surface area contributed by atoms with Crippen molar-refractivity contribution in [3.05, 3.63) is 41.9 Å². The van der Waals surface area contributed by atoms with Crippen LogP contribution in [0.15, 0.2) is 30.5 Å². The molecule has 0 unspecified atom stereocenters. The van der Waals surface area contributed by atoms with E-state index in [0.717, 1.165) is 37.8 Å². The van der Waals surface area contributed by atoms with E-state index in [0.29, 0.717) is 0 Å². The molecule has 1 aliphatic rings. The van der Waals surface area contributed by atoms with E-state index in [-0.39, 0.29) is 5.41 Å². The maximum atomic E-state index is 5.18. The van der Waals surface area contributed by atoms with E-state index in [1.54, 1.807) is 0 Å². The van der Waals surface area contributed by atoms with E-state index in [9.17, 15) is 0 Å². The minimum Gasteiger partial charge on any atom is -0.334 e. The molecule has 0 radical (unpaired) electrons. The Kier molecular flexibility index (Phi) is 6.98. The van der Waals surface area contributed by atoms with Crippen LogP contribution in [0.2, 0.25) is 0 Å². The van der Waals surface area contributed by atoms with Crippen molar-refractivity contribution < 1.29 is 0 Å². The fraction of sp³-hybridized carbons (Fsp3) is 0.640. The first kappa shape index (κ1) is 21.1. The van der Waals surface area contributed by atoms with E-state index in [1.807, 2.05) is 0 Å². The lowest BCUT2D eigenvalue weighted by Crippen LogP contribution is -2.22. The summed E-state index contributed by atoms with van der Waals surface area (Å²) in [7, 11) is 0. The second kappa shape index (κ2) is 9.26. The molecule has 0 amide bonds. The maximum absolute atomic E-state index is 5.18. The molecule has 3 rings (SSSR count). The Labute approximate surface area is 172 Å². The van der Waals surface area contributed by atoms with E-state index in [1.165, 1.54) is 49.1 Å². The molecule has 1 heterocycles. The number of imidazole rings is 1. The van der Waals surface area contributed by atoms with Crippen molar-refractivity contribution in [2.75, 3.05) is 13.1 Å². The van der Waals surface area contributed by atoms with Crippen molar-refractivity contribution in [3.8, 4) is 11.3 Å². The lowest BCUT2D eigenvalue weighted by molar-refractivity contribution is 0.296. The molecule has 0 aliphatic heterocycles. The van der Waals surface area contributed by atoms with Gasteiger partial charge in [0, 0.05) is 30.3 Å². The van der Waals surface area contributed by atoms with Crippen LogP contribution >= 0.6 is 0 Å². The monoisotopic (exact) mass is 381 g/mol. The lowest BCUT2D eigenvalue weighted by Gasteiger charge is -2.25. The number of aromatic nitrogens is 2. The van der Waals surface area contributed by atoms with Gasteiger partial charge in [-0.1, -0.05) is 78.1 Å². The smallest absolute Gasteiger partial charge is 0.114 e. The van der Waals surface area contributed by atoms with Crippen molar-refractivity contribution in [1.29, 1.82) is 0 Å². The summed E-state index contributed by atoms with van der Waals surface area (Å²) < 4.78 is 2.47. The molecule has 28 heavy (non-hydrogen) atoms. The Hall–Kier alpha value is -1.61. The Morgan fingerprint density at radius 2 is 1.71 bits per heavy atom. The van der Waals surface area contributed by atoms with E-state index in [2.05, 4.69) is 74.5 Å². The molecule has 1 fully saturated rings. The first-order valence-electron chi connectivity index (χ1n) is 11.3. The number of hydrogen-bond donors (Lipinski definition) is 0. The highest BCUT2D eigenvalue weighted by molar-refractivity contribution is 5.63. The zero-order valence-corrected chi connectivity index (χ0v) is 18.7. The van der Waals surface area contributed by atoms with Crippen LogP contribution in [-0.2, 0) is 18.5 Å². The van der Waals surface area contributed by atoms with Crippen molar-refractivity contribution in [2.24, 2.45) is 5.92 Å². The van der Waals surface area contributed by atoms with Gasteiger partial charge in [-0.25, -0.2) is 4.98 Å². The van der Waals surface area contributed by atoms with Crippen molar-refractivity contribution in [1.82, 2.24) is 14.5 Å². The zero-order valence-electron chi connectivity index (χ0n) is 18.7. The normalized spacial score (nSPS) is 16.1. The first-order valence-corrected chi connectivity index (χ1v) is 11.3. The molecule has 3 nitrogen and oxygen atoms in total. The third-order valence-electron chi connectivity index (χ3n) is 6.21. The Morgan fingerprint density at radius 3 is 2.36 bits per heavy atom. The van der Waals surface area contributed by atoms with Crippen LogP contribution < -0.4 is 0 Å². The Balaban J connectivity index is 1.94. The summed E-state index contributed by atoms with van der Waals surface area (Å²) in [6.45, 7) is 15.6. The molecule has 2 aromatic rings. The topological polar surface area (TPSA) is 21.1 Å². The van der Waals surface area contributed by atoms with Gasteiger partial charge in [-0.05, 0) is 37.4 Å². The predicted octanol–water partition coefficient (Wildman–Crippen LogP) is 6.27. The highest BCUT2D eigenvalue weighted by Gasteiger charge is 2.25. The summed E-state index contributed by atoms with van der Waals surface area (Å²) in [5.74, 6) is 2.04. The highest BCUT2D eigenvalue weighted by atomic mass is 15.1. The fourth-order valence-corrected chi connectivity index (χ4v) is 4.53. The molecule has 0 atom stereocenters. The van der Waals surface area contributed by atoms with Crippen LogP contribution in [0.4, 0.5) is 0 Å². The van der Waals surface area contributed by atoms with Crippen LogP contribution in [-0.4, -0.2) is 27.5 Å². The first-order chi connectivity index (χ1) is 13.4. The van der Waals surface area contributed by atoms with Crippen LogP contribution in [0.1, 0.15) is 78.1 Å². The largest absolute Gasteiger partial charge is 0.334 e. The average molecular weight is 382 g/mol. The molecule has 1 aromatic carbocycles. The Morgan fingerprint density at radius 1 is 1.04 bits per heavy atom. The summed E-state index contributed by atoms with van der Waals surface area (Å²) in [5, 5.41) is 0. The highest BCUT2D eigenvalue weighted by Crippen LogP contribution is 2.32. The van der Waals surface area contributed by atoms with Crippen LogP contribution in [0.3, 0.4) is 0 Å². The second-order valence-corrected chi connectivity index (χ2v) is 9.47. The lowest BCUT2D eigenvalue weighted by atomic mass is 9.88. The standard InChI is InChI=1S/C25H39N3/c1-6-27(7-2)18-21-15-11-12-16-22(21)23-19-28(24(26-23)25(3,4)5)17-20-13-9-8-10-14-20/h11-12,15-16,19-20H,6-10,13-14,17-18H2,1-5H3. The molecule has 0 N–H and O–H groups in total. The molecule has 1 aliphatic carbocycles. The number of benzene rings is 1. The quantitative estimate of drug-likeness (QED) is 0.563. The van der Waals surface area contributed by atoms with Gasteiger partial charge in [0.1, 0.15) is 5.82 Å². The van der Waals surface area contributed by atoms with Gasteiger partial charge in [0.15, 0.2) is 0 Å². The molecular formula is C25H39N3. The SMILES string of the molecule is CCN(CC)Cc1ccccc1-c1cn(CC2CCCCC2)c(C(C)(C)C)n1. The Bertz CT molecular complexity index is 743. The molecule has 154 valence electrons. The van der Waals surface area contributed by atoms with Gasteiger partial charge in [0.2, 0.25) is 0 Å². The fourth-order valence-electron chi connectivity index (χ4n) is 4.53. The minimum atomic E-state index is 0.0563. The predicted molar refractivity (Wildman–Crippen MR) is 120 cm³/mol.